The second-order valence-corrected chi connectivity index (χ2v) is 8.05. The van der Waals surface area contributed by atoms with Crippen LogP contribution >= 0.6 is 15.9 Å². The van der Waals surface area contributed by atoms with Crippen LogP contribution in [-0.4, -0.2) is 29.8 Å². The third-order valence-corrected chi connectivity index (χ3v) is 5.70. The minimum Gasteiger partial charge on any atom is -0.469 e. The topological polar surface area (TPSA) is 37.7 Å². The van der Waals surface area contributed by atoms with Gasteiger partial charge in [0.15, 0.2) is 0 Å². The summed E-state index contributed by atoms with van der Waals surface area (Å²) in [4.78, 5) is 11.2. The molecule has 1 atom stereocenters. The Hall–Kier alpha value is -1.88. The maximum atomic E-state index is 6.18. The van der Waals surface area contributed by atoms with Crippen LogP contribution < -0.4 is 4.74 Å². The first-order valence-corrected chi connectivity index (χ1v) is 10.5. The van der Waals surface area contributed by atoms with Crippen LogP contribution in [0, 0.1) is 6.92 Å². The number of aromatic nitrogens is 1. The van der Waals surface area contributed by atoms with E-state index in [9.17, 15) is 0 Å². The van der Waals surface area contributed by atoms with Crippen molar-refractivity contribution in [1.29, 1.82) is 0 Å². The fraction of sp³-hybridized carbons (Fsp3) is 0.455. The summed E-state index contributed by atoms with van der Waals surface area (Å²) in [6.07, 6.45) is 6.74. The molecule has 0 amide bonds. The summed E-state index contributed by atoms with van der Waals surface area (Å²) < 4.78 is 7.01. The second kappa shape index (κ2) is 8.87. The van der Waals surface area contributed by atoms with E-state index in [0.717, 1.165) is 22.4 Å². The smallest absolute Gasteiger partial charge is 0.228 e. The molecule has 3 rings (SSSR count). The van der Waals surface area contributed by atoms with Gasteiger partial charge in [0.2, 0.25) is 5.88 Å². The van der Waals surface area contributed by atoms with E-state index in [2.05, 4.69) is 58.0 Å². The van der Waals surface area contributed by atoms with E-state index in [1.54, 1.807) is 0 Å². The zero-order chi connectivity index (χ0) is 19.4. The predicted octanol–water partition coefficient (Wildman–Crippen LogP) is 5.78. The molecule has 0 N–H and O–H groups in total. The maximum absolute atomic E-state index is 6.18. The Balaban J connectivity index is 1.77. The van der Waals surface area contributed by atoms with E-state index in [1.807, 2.05) is 31.3 Å². The Labute approximate surface area is 170 Å². The summed E-state index contributed by atoms with van der Waals surface area (Å²) >= 11 is 3.59. The molecule has 0 bridgehead atoms. The van der Waals surface area contributed by atoms with Crippen LogP contribution in [0.1, 0.15) is 55.2 Å². The van der Waals surface area contributed by atoms with Gasteiger partial charge in [-0.1, -0.05) is 18.2 Å². The molecule has 4 nitrogen and oxygen atoms in total. The molecular formula is C22H28BrN3O. The number of ether oxygens (including phenoxy) is 1. The second-order valence-electron chi connectivity index (χ2n) is 7.19. The van der Waals surface area contributed by atoms with E-state index in [-0.39, 0.29) is 6.10 Å². The number of rotatable bonds is 6. The molecule has 1 aromatic carbocycles. The van der Waals surface area contributed by atoms with Crippen LogP contribution in [0.25, 0.3) is 0 Å². The van der Waals surface area contributed by atoms with Gasteiger partial charge in [0.1, 0.15) is 6.10 Å². The van der Waals surface area contributed by atoms with Gasteiger partial charge in [0.05, 0.1) is 22.2 Å². The predicted molar refractivity (Wildman–Crippen MR) is 115 cm³/mol. The molecule has 0 saturated heterocycles. The van der Waals surface area contributed by atoms with Gasteiger partial charge >= 0.3 is 0 Å². The van der Waals surface area contributed by atoms with Crippen LogP contribution in [0.5, 0.6) is 5.88 Å². The number of aryl methyl sites for hydroxylation is 3. The number of hydrogen-bond donors (Lipinski definition) is 0. The molecule has 1 heterocycles. The summed E-state index contributed by atoms with van der Waals surface area (Å²) in [5.74, 6) is 0.612. The van der Waals surface area contributed by atoms with E-state index >= 15 is 0 Å². The molecule has 0 aliphatic heterocycles. The van der Waals surface area contributed by atoms with Crippen molar-refractivity contribution in [2.24, 2.45) is 4.99 Å². The Morgan fingerprint density at radius 1 is 1.26 bits per heavy atom. The van der Waals surface area contributed by atoms with Gasteiger partial charge in [-0.05, 0) is 85.1 Å². The van der Waals surface area contributed by atoms with E-state index in [1.165, 1.54) is 42.4 Å². The molecule has 0 radical (unpaired) electrons. The van der Waals surface area contributed by atoms with Crippen LogP contribution in [-0.2, 0) is 12.8 Å². The molecule has 1 unspecified atom stereocenters. The summed E-state index contributed by atoms with van der Waals surface area (Å²) in [7, 11) is 2.00. The highest BCUT2D eigenvalue weighted by atomic mass is 79.9. The van der Waals surface area contributed by atoms with Crippen LogP contribution in [0.15, 0.2) is 33.7 Å². The normalized spacial score (nSPS) is 14.9. The van der Waals surface area contributed by atoms with Crippen LogP contribution in [0.3, 0.4) is 0 Å². The van der Waals surface area contributed by atoms with Gasteiger partial charge in [-0.25, -0.2) is 9.98 Å². The zero-order valence-electron chi connectivity index (χ0n) is 16.6. The van der Waals surface area contributed by atoms with Gasteiger partial charge in [-0.15, -0.1) is 0 Å². The standard InChI is InChI=1S/C22H28BrN3O/c1-5-26(4)14-24-21-13-20(23)22(25-15(21)2)27-16(3)18-11-10-17-8-6-7-9-19(17)12-18/h10-14,16H,5-9H2,1-4H3. The average molecular weight is 430 g/mol. The Bertz CT molecular complexity index is 835. The summed E-state index contributed by atoms with van der Waals surface area (Å²) in [5, 5.41) is 0. The van der Waals surface area contributed by atoms with Crippen LogP contribution in [0.2, 0.25) is 0 Å². The molecule has 27 heavy (non-hydrogen) atoms. The number of hydrogen-bond acceptors (Lipinski definition) is 3. The van der Waals surface area contributed by atoms with Crippen molar-refractivity contribution in [3.63, 3.8) is 0 Å². The van der Waals surface area contributed by atoms with Crippen molar-refractivity contribution in [2.45, 2.75) is 52.6 Å². The first-order valence-electron chi connectivity index (χ1n) is 9.68. The number of pyridine rings is 1. The summed E-state index contributed by atoms with van der Waals surface area (Å²) in [5.41, 5.74) is 5.87. The lowest BCUT2D eigenvalue weighted by molar-refractivity contribution is 0.215. The van der Waals surface area contributed by atoms with Crippen molar-refractivity contribution in [3.8, 4) is 5.88 Å². The lowest BCUT2D eigenvalue weighted by Crippen LogP contribution is -2.14. The van der Waals surface area contributed by atoms with Gasteiger partial charge in [0.25, 0.3) is 0 Å². The SMILES string of the molecule is CCN(C)C=Nc1cc(Br)c(OC(C)c2ccc3c(c2)CCCC3)nc1C. The highest BCUT2D eigenvalue weighted by Crippen LogP contribution is 2.33. The Kier molecular flexibility index (Phi) is 6.53. The number of halogens is 1. The average Bonchev–Trinajstić information content (AvgIpc) is 2.68. The number of benzene rings is 1. The molecule has 5 heteroatoms. The molecule has 0 saturated carbocycles. The molecule has 2 aromatic rings. The maximum Gasteiger partial charge on any atom is 0.228 e. The number of fused-ring (bicyclic) bond motifs is 1. The van der Waals surface area contributed by atoms with Crippen molar-refractivity contribution < 1.29 is 4.74 Å². The van der Waals surface area contributed by atoms with Crippen molar-refractivity contribution in [2.75, 3.05) is 13.6 Å². The highest BCUT2D eigenvalue weighted by molar-refractivity contribution is 9.10. The number of nitrogens with zero attached hydrogens (tertiary/aromatic N) is 3. The molecule has 144 valence electrons. The third kappa shape index (κ3) is 4.89. The summed E-state index contributed by atoms with van der Waals surface area (Å²) in [6, 6.07) is 8.73. The van der Waals surface area contributed by atoms with Crippen molar-refractivity contribution in [1.82, 2.24) is 9.88 Å². The van der Waals surface area contributed by atoms with Crippen molar-refractivity contribution in [3.05, 3.63) is 51.1 Å². The first-order chi connectivity index (χ1) is 13.0. The lowest BCUT2D eigenvalue weighted by atomic mass is 9.90. The van der Waals surface area contributed by atoms with Gasteiger partial charge in [-0.2, -0.15) is 0 Å². The van der Waals surface area contributed by atoms with Crippen LogP contribution in [0.4, 0.5) is 5.69 Å². The zero-order valence-corrected chi connectivity index (χ0v) is 18.2. The molecule has 1 aromatic heterocycles. The first kappa shape index (κ1) is 19.9. The monoisotopic (exact) mass is 429 g/mol. The van der Waals surface area contributed by atoms with Gasteiger partial charge in [0, 0.05) is 13.6 Å². The molecule has 1 aliphatic rings. The minimum absolute atomic E-state index is 0.0546. The van der Waals surface area contributed by atoms with E-state index < -0.39 is 0 Å². The minimum atomic E-state index is -0.0546. The fourth-order valence-corrected chi connectivity index (χ4v) is 3.65. The largest absolute Gasteiger partial charge is 0.469 e. The third-order valence-electron chi connectivity index (χ3n) is 5.13. The van der Waals surface area contributed by atoms with E-state index in [0.29, 0.717) is 5.88 Å². The summed E-state index contributed by atoms with van der Waals surface area (Å²) in [6.45, 7) is 7.04. The van der Waals surface area contributed by atoms with Gasteiger partial charge < -0.3 is 9.64 Å². The quantitative estimate of drug-likeness (QED) is 0.431. The molecule has 0 fully saturated rings. The molecule has 0 spiro atoms. The highest BCUT2D eigenvalue weighted by Gasteiger charge is 2.16. The number of aliphatic imine (C=N–C) groups is 1. The van der Waals surface area contributed by atoms with Gasteiger partial charge in [-0.3, -0.25) is 0 Å². The fourth-order valence-electron chi connectivity index (χ4n) is 3.25. The van der Waals surface area contributed by atoms with Crippen molar-refractivity contribution >= 4 is 28.0 Å². The van der Waals surface area contributed by atoms with E-state index in [4.69, 9.17) is 4.74 Å². The lowest BCUT2D eigenvalue weighted by Gasteiger charge is -2.20. The molecule has 1 aliphatic carbocycles. The Morgan fingerprint density at radius 2 is 2.00 bits per heavy atom. The Morgan fingerprint density at radius 3 is 2.74 bits per heavy atom. The molecular weight excluding hydrogens is 402 g/mol.